The van der Waals surface area contributed by atoms with E-state index in [1.807, 2.05) is 6.92 Å². The van der Waals surface area contributed by atoms with Gasteiger partial charge in [0.25, 0.3) is 5.91 Å². The molecule has 2 saturated carbocycles. The average molecular weight is 615 g/mol. The van der Waals surface area contributed by atoms with Crippen LogP contribution >= 0.6 is 0 Å². The first kappa shape index (κ1) is 31.4. The van der Waals surface area contributed by atoms with E-state index in [0.29, 0.717) is 36.9 Å². The van der Waals surface area contributed by atoms with Gasteiger partial charge < -0.3 is 19.4 Å². The number of fused-ring (bicyclic) bond motifs is 2. The maximum atomic E-state index is 14.1. The molecule has 2 aliphatic carbocycles. The minimum atomic E-state index is -4.95. The molecule has 2 heterocycles. The third-order valence-corrected chi connectivity index (χ3v) is 10.3. The molecule has 5 rings (SSSR count). The summed E-state index contributed by atoms with van der Waals surface area (Å²) in [5, 5.41) is 3.01. The number of aromatic nitrogens is 1. The Hall–Kier alpha value is -3.02. The number of benzene rings is 1. The van der Waals surface area contributed by atoms with E-state index in [1.54, 1.807) is 6.92 Å². The Morgan fingerprint density at radius 3 is 2.35 bits per heavy atom. The Kier molecular flexibility index (Phi) is 7.71. The maximum absolute atomic E-state index is 14.1. The average Bonchev–Trinajstić information content (AvgIpc) is 3.60. The zero-order valence-electron chi connectivity index (χ0n) is 24.7. The highest BCUT2D eigenvalue weighted by atomic mass is 19.4. The number of carbonyl (C=O) groups is 2. The SMILES string of the molecule is CC(=O)OC1C(NC(=O)c2cc(-c3cc(C(F)(F)F)ccc3C(F)(F)F)n(C[C@H]3CCCO3)c2C)C2CCC1(C)C2(C)C. The molecule has 2 aromatic rings. The number of hydrogen-bond donors (Lipinski definition) is 1. The minimum Gasteiger partial charge on any atom is -0.460 e. The quantitative estimate of drug-likeness (QED) is 0.277. The van der Waals surface area contributed by atoms with Gasteiger partial charge in [0.15, 0.2) is 0 Å². The Bertz CT molecular complexity index is 1420. The van der Waals surface area contributed by atoms with Crippen LogP contribution in [0.2, 0.25) is 0 Å². The molecule has 4 unspecified atom stereocenters. The fourth-order valence-electron chi connectivity index (χ4n) is 7.60. The number of alkyl halides is 6. The summed E-state index contributed by atoms with van der Waals surface area (Å²) in [6, 6.07) is 2.01. The monoisotopic (exact) mass is 614 g/mol. The summed E-state index contributed by atoms with van der Waals surface area (Å²) < 4.78 is 96.3. The second kappa shape index (κ2) is 10.6. The largest absolute Gasteiger partial charge is 0.460 e. The lowest BCUT2D eigenvalue weighted by atomic mass is 9.70. The molecule has 0 radical (unpaired) electrons. The van der Waals surface area contributed by atoms with E-state index in [4.69, 9.17) is 9.47 Å². The van der Waals surface area contributed by atoms with Gasteiger partial charge in [0.2, 0.25) is 0 Å². The number of nitrogens with one attached hydrogen (secondary N) is 1. The zero-order valence-corrected chi connectivity index (χ0v) is 24.7. The first-order chi connectivity index (χ1) is 19.9. The number of hydrogen-bond acceptors (Lipinski definition) is 4. The minimum absolute atomic E-state index is 0.0279. The topological polar surface area (TPSA) is 69.6 Å². The lowest BCUT2D eigenvalue weighted by Crippen LogP contribution is -2.51. The van der Waals surface area contributed by atoms with Crippen LogP contribution < -0.4 is 5.32 Å². The predicted octanol–water partition coefficient (Wildman–Crippen LogP) is 7.17. The molecule has 6 nitrogen and oxygen atoms in total. The molecule has 1 amide bonds. The highest BCUT2D eigenvalue weighted by Crippen LogP contribution is 2.66. The lowest BCUT2D eigenvalue weighted by Gasteiger charge is -2.39. The van der Waals surface area contributed by atoms with E-state index < -0.39 is 58.5 Å². The summed E-state index contributed by atoms with van der Waals surface area (Å²) >= 11 is 0. The number of amides is 1. The van der Waals surface area contributed by atoms with E-state index in [-0.39, 0.29) is 35.2 Å². The fourth-order valence-corrected chi connectivity index (χ4v) is 7.60. The van der Waals surface area contributed by atoms with Crippen LogP contribution in [0.25, 0.3) is 11.3 Å². The Morgan fingerprint density at radius 1 is 1.07 bits per heavy atom. The maximum Gasteiger partial charge on any atom is 0.417 e. The normalized spacial score (nSPS) is 28.3. The molecule has 1 aromatic heterocycles. The molecular weight excluding hydrogens is 578 g/mol. The van der Waals surface area contributed by atoms with Crippen LogP contribution in [0.3, 0.4) is 0 Å². The van der Waals surface area contributed by atoms with Gasteiger partial charge in [0.1, 0.15) is 6.10 Å². The highest BCUT2D eigenvalue weighted by Gasteiger charge is 2.68. The number of esters is 1. The van der Waals surface area contributed by atoms with Crippen molar-refractivity contribution in [3.8, 4) is 11.3 Å². The lowest BCUT2D eigenvalue weighted by molar-refractivity contribution is -0.155. The van der Waals surface area contributed by atoms with E-state index in [2.05, 4.69) is 19.2 Å². The summed E-state index contributed by atoms with van der Waals surface area (Å²) in [4.78, 5) is 25.9. The van der Waals surface area contributed by atoms with Gasteiger partial charge in [-0.25, -0.2) is 0 Å². The van der Waals surface area contributed by atoms with Gasteiger partial charge in [0.05, 0.1) is 28.8 Å². The van der Waals surface area contributed by atoms with Gasteiger partial charge in [-0.1, -0.05) is 20.8 Å². The van der Waals surface area contributed by atoms with Crippen molar-refractivity contribution >= 4 is 11.9 Å². The van der Waals surface area contributed by atoms with Crippen molar-refractivity contribution in [1.29, 1.82) is 0 Å². The smallest absolute Gasteiger partial charge is 0.417 e. The van der Waals surface area contributed by atoms with Crippen LogP contribution in [0, 0.1) is 23.7 Å². The molecule has 1 aromatic carbocycles. The van der Waals surface area contributed by atoms with Gasteiger partial charge in [-0.15, -0.1) is 0 Å². The first-order valence-electron chi connectivity index (χ1n) is 14.4. The van der Waals surface area contributed by atoms with Crippen molar-refractivity contribution in [3.05, 3.63) is 46.6 Å². The molecule has 1 aliphatic heterocycles. The highest BCUT2D eigenvalue weighted by molar-refractivity contribution is 5.97. The number of carbonyl (C=O) groups excluding carboxylic acids is 2. The number of rotatable bonds is 6. The predicted molar refractivity (Wildman–Crippen MR) is 145 cm³/mol. The van der Waals surface area contributed by atoms with Gasteiger partial charge in [-0.2, -0.15) is 26.3 Å². The summed E-state index contributed by atoms with van der Waals surface area (Å²) in [6.07, 6.45) is -7.87. The second-order valence-corrected chi connectivity index (χ2v) is 12.8. The fraction of sp³-hybridized carbons (Fsp3) is 0.613. The van der Waals surface area contributed by atoms with Crippen molar-refractivity contribution in [2.45, 2.75) is 97.4 Å². The van der Waals surface area contributed by atoms with Crippen LogP contribution in [-0.4, -0.2) is 41.3 Å². The first-order valence-corrected chi connectivity index (χ1v) is 14.4. The molecular formula is C31H36F6N2O4. The molecule has 3 aliphatic rings. The van der Waals surface area contributed by atoms with Crippen molar-refractivity contribution in [1.82, 2.24) is 9.88 Å². The van der Waals surface area contributed by atoms with E-state index >= 15 is 0 Å². The van der Waals surface area contributed by atoms with Crippen LogP contribution in [0.1, 0.15) is 80.6 Å². The van der Waals surface area contributed by atoms with Crippen molar-refractivity contribution in [2.24, 2.45) is 16.7 Å². The van der Waals surface area contributed by atoms with E-state index in [9.17, 15) is 35.9 Å². The molecule has 3 fully saturated rings. The molecule has 1 saturated heterocycles. The summed E-state index contributed by atoms with van der Waals surface area (Å²) in [5.74, 6) is -1.11. The van der Waals surface area contributed by atoms with Crippen LogP contribution in [-0.2, 0) is 33.2 Å². The van der Waals surface area contributed by atoms with Crippen molar-refractivity contribution in [3.63, 3.8) is 0 Å². The molecule has 2 bridgehead atoms. The molecule has 5 atom stereocenters. The van der Waals surface area contributed by atoms with Crippen molar-refractivity contribution in [2.75, 3.05) is 6.61 Å². The van der Waals surface area contributed by atoms with Crippen LogP contribution in [0.15, 0.2) is 24.3 Å². The Labute approximate surface area is 246 Å². The van der Waals surface area contributed by atoms with Crippen molar-refractivity contribution < 1.29 is 45.4 Å². The van der Waals surface area contributed by atoms with Crippen LogP contribution in [0.4, 0.5) is 26.3 Å². The summed E-state index contributed by atoms with van der Waals surface area (Å²) in [6.45, 7) is 9.55. The van der Waals surface area contributed by atoms with Gasteiger partial charge in [-0.05, 0) is 68.2 Å². The number of halogens is 6. The molecule has 1 N–H and O–H groups in total. The molecule has 0 spiro atoms. The molecule has 236 valence electrons. The standard InChI is InChI=1S/C31H36F6N2O4/c1-16-20(27(41)38-25-23-10-11-29(5,28(23,3)4)26(25)43-17(2)40)14-24(39(16)15-19-7-6-12-42-19)21-13-18(30(32,33)34)8-9-22(21)31(35,36)37/h8-9,13-14,19,23,25-26H,6-7,10-12,15H2,1-5H3,(H,38,41)/t19-,23?,25?,26?,29?/m1/s1. The summed E-state index contributed by atoms with van der Waals surface area (Å²) in [5.41, 5.74) is -3.66. The molecule has 43 heavy (non-hydrogen) atoms. The van der Waals surface area contributed by atoms with E-state index in [0.717, 1.165) is 19.3 Å². The van der Waals surface area contributed by atoms with E-state index in [1.165, 1.54) is 17.6 Å². The molecule has 12 heteroatoms. The second-order valence-electron chi connectivity index (χ2n) is 12.8. The third-order valence-electron chi connectivity index (χ3n) is 10.3. The third kappa shape index (κ3) is 5.33. The summed E-state index contributed by atoms with van der Waals surface area (Å²) in [7, 11) is 0. The van der Waals surface area contributed by atoms with Gasteiger partial charge >= 0.3 is 18.3 Å². The Balaban J connectivity index is 1.60. The number of ether oxygens (including phenoxy) is 2. The van der Waals surface area contributed by atoms with Gasteiger partial charge in [-0.3, -0.25) is 9.59 Å². The Morgan fingerprint density at radius 2 is 1.77 bits per heavy atom. The van der Waals surface area contributed by atoms with Gasteiger partial charge in [0, 0.05) is 42.4 Å². The zero-order chi connectivity index (χ0) is 31.7. The number of nitrogens with zero attached hydrogens (tertiary/aromatic N) is 1. The van der Waals surface area contributed by atoms with Crippen LogP contribution in [0.5, 0.6) is 0 Å².